The van der Waals surface area contributed by atoms with E-state index in [1.165, 1.54) is 4.68 Å². The summed E-state index contributed by atoms with van der Waals surface area (Å²) in [5.74, 6) is 0. The summed E-state index contributed by atoms with van der Waals surface area (Å²) in [6.07, 6.45) is 1.58. The second-order valence-electron chi connectivity index (χ2n) is 2.73. The maximum Gasteiger partial charge on any atom is 0.285 e. The molecule has 0 fully saturated rings. The number of nitrogens with zero attached hydrogens (tertiary/aromatic N) is 2. The largest absolute Gasteiger partial charge is 0.285 e. The molecule has 0 saturated heterocycles. The molecule has 0 aliphatic carbocycles. The highest BCUT2D eigenvalue weighted by molar-refractivity contribution is 9.10. The highest BCUT2D eigenvalue weighted by Gasteiger charge is 2.01. The number of halogens is 1. The lowest BCUT2D eigenvalue weighted by Crippen LogP contribution is -2.20. The molecule has 14 heavy (non-hydrogen) atoms. The van der Waals surface area contributed by atoms with Gasteiger partial charge < -0.3 is 0 Å². The number of aromatic nitrogens is 2. The summed E-state index contributed by atoms with van der Waals surface area (Å²) < 4.78 is 1.86. The Morgan fingerprint density at radius 2 is 1.86 bits per heavy atom. The molecule has 70 valence electrons. The number of hydrogen-bond donors (Lipinski definition) is 0. The Bertz CT molecular complexity index is 493. The molecule has 0 aliphatic rings. The SMILES string of the molecule is O=c1c(Br)ccnn1-c1ccccc1. The summed E-state index contributed by atoms with van der Waals surface area (Å²) in [7, 11) is 0. The van der Waals surface area contributed by atoms with Crippen molar-refractivity contribution in [3.05, 3.63) is 57.4 Å². The molecule has 0 radical (unpaired) electrons. The first-order valence-corrected chi connectivity index (χ1v) is 4.87. The Labute approximate surface area is 89.1 Å². The van der Waals surface area contributed by atoms with Crippen LogP contribution in [0.3, 0.4) is 0 Å². The molecule has 2 aromatic rings. The van der Waals surface area contributed by atoms with Gasteiger partial charge in [-0.2, -0.15) is 9.78 Å². The first kappa shape index (κ1) is 9.15. The lowest BCUT2D eigenvalue weighted by molar-refractivity contribution is 0.801. The van der Waals surface area contributed by atoms with Crippen LogP contribution in [0.5, 0.6) is 0 Å². The third kappa shape index (κ3) is 1.61. The van der Waals surface area contributed by atoms with E-state index in [0.717, 1.165) is 5.69 Å². The van der Waals surface area contributed by atoms with E-state index in [2.05, 4.69) is 21.0 Å². The fourth-order valence-corrected chi connectivity index (χ4v) is 1.43. The first-order valence-electron chi connectivity index (χ1n) is 4.08. The van der Waals surface area contributed by atoms with E-state index < -0.39 is 0 Å². The number of benzene rings is 1. The van der Waals surface area contributed by atoms with Crippen molar-refractivity contribution in [2.45, 2.75) is 0 Å². The van der Waals surface area contributed by atoms with E-state index in [4.69, 9.17) is 0 Å². The number of para-hydroxylation sites is 1. The number of hydrogen-bond acceptors (Lipinski definition) is 2. The molecule has 1 aromatic heterocycles. The maximum absolute atomic E-state index is 11.6. The van der Waals surface area contributed by atoms with E-state index in [1.54, 1.807) is 12.3 Å². The second kappa shape index (κ2) is 3.75. The predicted octanol–water partition coefficient (Wildman–Crippen LogP) is 1.99. The monoisotopic (exact) mass is 250 g/mol. The molecule has 4 heteroatoms. The molecule has 0 amide bonds. The minimum atomic E-state index is -0.154. The molecule has 0 atom stereocenters. The van der Waals surface area contributed by atoms with Crippen molar-refractivity contribution in [3.63, 3.8) is 0 Å². The summed E-state index contributed by atoms with van der Waals surface area (Å²) in [4.78, 5) is 11.6. The van der Waals surface area contributed by atoms with Gasteiger partial charge >= 0.3 is 0 Å². The Balaban J connectivity index is 2.64. The van der Waals surface area contributed by atoms with E-state index >= 15 is 0 Å². The molecular formula is C10H7BrN2O. The minimum Gasteiger partial charge on any atom is -0.266 e. The molecule has 0 aliphatic heterocycles. The van der Waals surface area contributed by atoms with Crippen molar-refractivity contribution >= 4 is 15.9 Å². The summed E-state index contributed by atoms with van der Waals surface area (Å²) in [6, 6.07) is 10.9. The molecule has 2 rings (SSSR count). The Kier molecular flexibility index (Phi) is 2.45. The maximum atomic E-state index is 11.6. The smallest absolute Gasteiger partial charge is 0.266 e. The van der Waals surface area contributed by atoms with Crippen molar-refractivity contribution in [1.29, 1.82) is 0 Å². The molecule has 1 heterocycles. The van der Waals surface area contributed by atoms with Gasteiger partial charge in [-0.1, -0.05) is 18.2 Å². The van der Waals surface area contributed by atoms with Gasteiger partial charge in [0.2, 0.25) is 0 Å². The lowest BCUT2D eigenvalue weighted by Gasteiger charge is -2.02. The van der Waals surface area contributed by atoms with Gasteiger partial charge in [-0.25, -0.2) is 0 Å². The fourth-order valence-electron chi connectivity index (χ4n) is 1.14. The predicted molar refractivity (Wildman–Crippen MR) is 57.5 cm³/mol. The van der Waals surface area contributed by atoms with Gasteiger partial charge in [0.25, 0.3) is 5.56 Å². The zero-order chi connectivity index (χ0) is 9.97. The highest BCUT2D eigenvalue weighted by Crippen LogP contribution is 2.04. The van der Waals surface area contributed by atoms with Crippen LogP contribution < -0.4 is 5.56 Å². The normalized spacial score (nSPS) is 10.1. The van der Waals surface area contributed by atoms with E-state index in [9.17, 15) is 4.79 Å². The van der Waals surface area contributed by atoms with E-state index in [0.29, 0.717) is 4.47 Å². The van der Waals surface area contributed by atoms with Crippen LogP contribution in [0.4, 0.5) is 0 Å². The van der Waals surface area contributed by atoms with Crippen LogP contribution >= 0.6 is 15.9 Å². The summed E-state index contributed by atoms with van der Waals surface area (Å²) >= 11 is 3.17. The molecule has 3 nitrogen and oxygen atoms in total. The van der Waals surface area contributed by atoms with Crippen molar-refractivity contribution in [3.8, 4) is 5.69 Å². The van der Waals surface area contributed by atoms with Gasteiger partial charge in [0, 0.05) is 6.20 Å². The van der Waals surface area contributed by atoms with Crippen LogP contribution in [-0.2, 0) is 0 Å². The summed E-state index contributed by atoms with van der Waals surface area (Å²) in [5.41, 5.74) is 0.609. The molecule has 0 saturated carbocycles. The van der Waals surface area contributed by atoms with Gasteiger partial charge in [-0.05, 0) is 34.1 Å². The summed E-state index contributed by atoms with van der Waals surface area (Å²) in [6.45, 7) is 0. The Morgan fingerprint density at radius 3 is 2.57 bits per heavy atom. The number of rotatable bonds is 1. The van der Waals surface area contributed by atoms with Crippen LogP contribution in [0, 0.1) is 0 Å². The van der Waals surface area contributed by atoms with Crippen molar-refractivity contribution in [1.82, 2.24) is 9.78 Å². The minimum absolute atomic E-state index is 0.154. The molecule has 0 bridgehead atoms. The Hall–Kier alpha value is -1.42. The second-order valence-corrected chi connectivity index (χ2v) is 3.59. The fraction of sp³-hybridized carbons (Fsp3) is 0. The molecule has 0 N–H and O–H groups in total. The van der Waals surface area contributed by atoms with Crippen molar-refractivity contribution in [2.75, 3.05) is 0 Å². The van der Waals surface area contributed by atoms with E-state index in [1.807, 2.05) is 30.3 Å². The Morgan fingerprint density at radius 1 is 1.14 bits per heavy atom. The quantitative estimate of drug-likeness (QED) is 0.776. The van der Waals surface area contributed by atoms with Crippen LogP contribution in [0.1, 0.15) is 0 Å². The summed E-state index contributed by atoms with van der Waals surface area (Å²) in [5, 5.41) is 3.98. The average Bonchev–Trinajstić information content (AvgIpc) is 2.23. The van der Waals surface area contributed by atoms with Crippen LogP contribution in [0.15, 0.2) is 51.9 Å². The van der Waals surface area contributed by atoms with Gasteiger partial charge in [0.05, 0.1) is 10.2 Å². The molecule has 0 spiro atoms. The zero-order valence-corrected chi connectivity index (χ0v) is 8.81. The van der Waals surface area contributed by atoms with Gasteiger partial charge in [0.1, 0.15) is 0 Å². The van der Waals surface area contributed by atoms with Crippen molar-refractivity contribution < 1.29 is 0 Å². The third-order valence-electron chi connectivity index (χ3n) is 1.80. The first-order chi connectivity index (χ1) is 6.79. The van der Waals surface area contributed by atoms with Gasteiger partial charge in [-0.3, -0.25) is 4.79 Å². The lowest BCUT2D eigenvalue weighted by atomic mass is 10.3. The highest BCUT2D eigenvalue weighted by atomic mass is 79.9. The van der Waals surface area contributed by atoms with E-state index in [-0.39, 0.29) is 5.56 Å². The molecular weight excluding hydrogens is 244 g/mol. The average molecular weight is 251 g/mol. The van der Waals surface area contributed by atoms with Crippen LogP contribution in [0.2, 0.25) is 0 Å². The molecule has 0 unspecified atom stereocenters. The van der Waals surface area contributed by atoms with Crippen molar-refractivity contribution in [2.24, 2.45) is 0 Å². The standard InChI is InChI=1S/C10H7BrN2O/c11-9-6-7-12-13(10(9)14)8-4-2-1-3-5-8/h1-7H. The van der Waals surface area contributed by atoms with Gasteiger partial charge in [0.15, 0.2) is 0 Å². The third-order valence-corrected chi connectivity index (χ3v) is 2.40. The van der Waals surface area contributed by atoms with Crippen LogP contribution in [-0.4, -0.2) is 9.78 Å². The topological polar surface area (TPSA) is 34.9 Å². The zero-order valence-electron chi connectivity index (χ0n) is 7.22. The van der Waals surface area contributed by atoms with Crippen LogP contribution in [0.25, 0.3) is 5.69 Å². The molecule has 1 aromatic carbocycles. The van der Waals surface area contributed by atoms with Gasteiger partial charge in [-0.15, -0.1) is 0 Å².